The maximum absolute atomic E-state index is 12.9. The molecule has 0 heterocycles. The molecule has 0 aliphatic carbocycles. The molecule has 0 aromatic heterocycles. The Hall–Kier alpha value is -2.24. The summed E-state index contributed by atoms with van der Waals surface area (Å²) in [5, 5.41) is 19.7. The second-order valence-corrected chi connectivity index (χ2v) is 8.66. The third-order valence-corrected chi connectivity index (χ3v) is 6.07. The predicted molar refractivity (Wildman–Crippen MR) is 125 cm³/mol. The fourth-order valence-electron chi connectivity index (χ4n) is 3.61. The van der Waals surface area contributed by atoms with E-state index in [1.165, 1.54) is 18.2 Å². The zero-order valence-corrected chi connectivity index (χ0v) is 20.3. The van der Waals surface area contributed by atoms with E-state index in [4.69, 9.17) is 9.47 Å². The maximum Gasteiger partial charge on any atom is 0.320 e. The van der Waals surface area contributed by atoms with Crippen LogP contribution in [0.2, 0.25) is 0 Å². The van der Waals surface area contributed by atoms with Gasteiger partial charge < -0.3 is 19.7 Å². The average molecular weight is 451 g/mol. The van der Waals surface area contributed by atoms with Crippen LogP contribution in [0, 0.1) is 17.8 Å². The van der Waals surface area contributed by atoms with Crippen molar-refractivity contribution in [2.24, 2.45) is 17.8 Å². The van der Waals surface area contributed by atoms with Gasteiger partial charge in [-0.2, -0.15) is 0 Å². The number of benzene rings is 1. The van der Waals surface area contributed by atoms with Gasteiger partial charge in [0, 0.05) is 6.07 Å². The Morgan fingerprint density at radius 2 is 1.34 bits per heavy atom. The quantitative estimate of drug-likeness (QED) is 0.245. The molecule has 0 spiro atoms. The van der Waals surface area contributed by atoms with E-state index in [-0.39, 0.29) is 43.0 Å². The summed E-state index contributed by atoms with van der Waals surface area (Å²) < 4.78 is 11.1. The molecule has 2 N–H and O–H groups in total. The minimum absolute atomic E-state index is 0.0404. The molecule has 0 bridgehead atoms. The lowest BCUT2D eigenvalue weighted by Gasteiger charge is -2.20. The van der Waals surface area contributed by atoms with Gasteiger partial charge >= 0.3 is 11.9 Å². The molecule has 6 nitrogen and oxygen atoms in total. The molecule has 0 amide bonds. The van der Waals surface area contributed by atoms with Crippen LogP contribution in [0.1, 0.15) is 84.6 Å². The summed E-state index contributed by atoms with van der Waals surface area (Å²) in [5.74, 6) is -2.14. The molecule has 0 fully saturated rings. The summed E-state index contributed by atoms with van der Waals surface area (Å²) in [6, 6.07) is 4.11. The third kappa shape index (κ3) is 9.92. The molecule has 0 aliphatic rings. The number of unbranched alkanes of at least 4 members (excludes halogenated alkanes) is 2. The highest BCUT2D eigenvalue weighted by molar-refractivity contribution is 5.95. The molecule has 0 radical (unpaired) electrons. The van der Waals surface area contributed by atoms with Crippen molar-refractivity contribution < 1.29 is 29.3 Å². The molecule has 2 atom stereocenters. The molecule has 0 saturated carbocycles. The SMILES string of the molecule is CCCCC(CC)COC(=O)C(Cc1ccc(O)cc1O)C(=O)OCC(CC)CCCC. The lowest BCUT2D eigenvalue weighted by Crippen LogP contribution is -2.32. The number of phenolic OH excluding ortho intramolecular Hbond substituents is 2. The Labute approximate surface area is 193 Å². The van der Waals surface area contributed by atoms with Gasteiger partial charge in [0.25, 0.3) is 0 Å². The van der Waals surface area contributed by atoms with Crippen molar-refractivity contribution >= 4 is 11.9 Å². The summed E-state index contributed by atoms with van der Waals surface area (Å²) >= 11 is 0. The van der Waals surface area contributed by atoms with Gasteiger partial charge in [-0.3, -0.25) is 9.59 Å². The zero-order chi connectivity index (χ0) is 23.9. The Morgan fingerprint density at radius 1 is 0.844 bits per heavy atom. The standard InChI is InChI=1S/C26H42O6/c1-5-9-11-19(7-3)17-31-25(29)23(15-21-13-14-22(27)16-24(21)28)26(30)32-18-20(8-4)12-10-6-2/h13-14,16,19-20,23,27-28H,5-12,15,17-18H2,1-4H3. The molecule has 0 saturated heterocycles. The van der Waals surface area contributed by atoms with E-state index in [1.54, 1.807) is 0 Å². The fraction of sp³-hybridized carbons (Fsp3) is 0.692. The van der Waals surface area contributed by atoms with Crippen LogP contribution in [0.15, 0.2) is 18.2 Å². The second kappa shape index (κ2) is 15.5. The van der Waals surface area contributed by atoms with Gasteiger partial charge in [0.2, 0.25) is 0 Å². The van der Waals surface area contributed by atoms with Crippen molar-refractivity contribution in [3.05, 3.63) is 23.8 Å². The molecule has 32 heavy (non-hydrogen) atoms. The Balaban J connectivity index is 2.88. The van der Waals surface area contributed by atoms with Gasteiger partial charge in [-0.15, -0.1) is 0 Å². The van der Waals surface area contributed by atoms with Crippen LogP contribution in [0.4, 0.5) is 0 Å². The monoisotopic (exact) mass is 450 g/mol. The van der Waals surface area contributed by atoms with Crippen molar-refractivity contribution in [1.82, 2.24) is 0 Å². The molecule has 2 unspecified atom stereocenters. The van der Waals surface area contributed by atoms with Crippen molar-refractivity contribution in [3.63, 3.8) is 0 Å². The first kappa shape index (κ1) is 27.8. The van der Waals surface area contributed by atoms with Crippen molar-refractivity contribution in [2.75, 3.05) is 13.2 Å². The van der Waals surface area contributed by atoms with Crippen LogP contribution in [0.25, 0.3) is 0 Å². The highest BCUT2D eigenvalue weighted by Crippen LogP contribution is 2.26. The zero-order valence-electron chi connectivity index (χ0n) is 20.3. The van der Waals surface area contributed by atoms with E-state index in [0.29, 0.717) is 5.56 Å². The van der Waals surface area contributed by atoms with E-state index in [0.717, 1.165) is 51.4 Å². The topological polar surface area (TPSA) is 93.1 Å². The molecule has 6 heteroatoms. The predicted octanol–water partition coefficient (Wildman–Crippen LogP) is 5.78. The van der Waals surface area contributed by atoms with Crippen LogP contribution in [0.3, 0.4) is 0 Å². The lowest BCUT2D eigenvalue weighted by molar-refractivity contribution is -0.163. The largest absolute Gasteiger partial charge is 0.508 e. The van der Waals surface area contributed by atoms with Crippen LogP contribution in [0.5, 0.6) is 11.5 Å². The van der Waals surface area contributed by atoms with Gasteiger partial charge in [0.05, 0.1) is 13.2 Å². The summed E-state index contributed by atoms with van der Waals surface area (Å²) in [7, 11) is 0. The van der Waals surface area contributed by atoms with Gasteiger partial charge in [-0.25, -0.2) is 0 Å². The summed E-state index contributed by atoms with van der Waals surface area (Å²) in [6.45, 7) is 8.92. The summed E-state index contributed by atoms with van der Waals surface area (Å²) in [6.07, 6.45) is 8.01. The highest BCUT2D eigenvalue weighted by atomic mass is 16.6. The third-order valence-electron chi connectivity index (χ3n) is 6.07. The van der Waals surface area contributed by atoms with Gasteiger partial charge in [0.1, 0.15) is 11.5 Å². The number of rotatable bonds is 16. The van der Waals surface area contributed by atoms with E-state index >= 15 is 0 Å². The first-order chi connectivity index (χ1) is 15.4. The lowest BCUT2D eigenvalue weighted by atomic mass is 9.97. The fourth-order valence-corrected chi connectivity index (χ4v) is 3.61. The number of carbonyl (C=O) groups is 2. The van der Waals surface area contributed by atoms with Crippen LogP contribution in [-0.4, -0.2) is 35.4 Å². The first-order valence-corrected chi connectivity index (χ1v) is 12.2. The minimum Gasteiger partial charge on any atom is -0.508 e. The van der Waals surface area contributed by atoms with Gasteiger partial charge in [0.15, 0.2) is 5.92 Å². The van der Waals surface area contributed by atoms with E-state index < -0.39 is 17.9 Å². The first-order valence-electron chi connectivity index (χ1n) is 12.2. The van der Waals surface area contributed by atoms with Crippen molar-refractivity contribution in [1.29, 1.82) is 0 Å². The van der Waals surface area contributed by atoms with Crippen LogP contribution >= 0.6 is 0 Å². The van der Waals surface area contributed by atoms with E-state index in [2.05, 4.69) is 27.7 Å². The second-order valence-electron chi connectivity index (χ2n) is 8.66. The number of ether oxygens (including phenoxy) is 2. The number of phenols is 2. The smallest absolute Gasteiger partial charge is 0.320 e. The molecular weight excluding hydrogens is 408 g/mol. The summed E-state index contributed by atoms with van der Waals surface area (Å²) in [5.41, 5.74) is 0.387. The van der Waals surface area contributed by atoms with Gasteiger partial charge in [-0.05, 0) is 42.7 Å². The normalized spacial score (nSPS) is 13.9. The van der Waals surface area contributed by atoms with Gasteiger partial charge in [-0.1, -0.05) is 72.3 Å². The molecule has 1 aromatic carbocycles. The Kier molecular flexibility index (Phi) is 13.5. The van der Waals surface area contributed by atoms with E-state index in [9.17, 15) is 19.8 Å². The van der Waals surface area contributed by atoms with E-state index in [1.807, 2.05) is 0 Å². The van der Waals surface area contributed by atoms with Crippen molar-refractivity contribution in [3.8, 4) is 11.5 Å². The molecular formula is C26H42O6. The highest BCUT2D eigenvalue weighted by Gasteiger charge is 2.32. The Morgan fingerprint density at radius 3 is 1.75 bits per heavy atom. The average Bonchev–Trinajstić information content (AvgIpc) is 2.78. The van der Waals surface area contributed by atoms with Crippen LogP contribution in [-0.2, 0) is 25.5 Å². The Bertz CT molecular complexity index is 655. The maximum atomic E-state index is 12.9. The molecule has 0 aliphatic heterocycles. The van der Waals surface area contributed by atoms with Crippen molar-refractivity contribution in [2.45, 2.75) is 85.5 Å². The minimum atomic E-state index is -1.15. The number of hydrogen-bond donors (Lipinski definition) is 2. The number of esters is 2. The number of hydrogen-bond acceptors (Lipinski definition) is 6. The summed E-state index contributed by atoms with van der Waals surface area (Å²) in [4.78, 5) is 25.8. The number of carbonyl (C=O) groups excluding carboxylic acids is 2. The van der Waals surface area contributed by atoms with Crippen LogP contribution < -0.4 is 0 Å². The molecule has 1 rings (SSSR count). The molecule has 182 valence electrons. The number of aromatic hydroxyl groups is 2. The molecule has 1 aromatic rings.